The first-order valence-electron chi connectivity index (χ1n) is 4.81. The second-order valence-electron chi connectivity index (χ2n) is 3.36. The van der Waals surface area contributed by atoms with E-state index in [1.54, 1.807) is 10.9 Å². The largest absolute Gasteiger partial charge is 0.311 e. The van der Waals surface area contributed by atoms with Gasteiger partial charge in [0.15, 0.2) is 0 Å². The molecule has 1 aromatic heterocycles. The van der Waals surface area contributed by atoms with Gasteiger partial charge in [-0.05, 0) is 19.2 Å². The van der Waals surface area contributed by atoms with E-state index in [1.165, 1.54) is 6.42 Å². The normalized spacial score (nSPS) is 13.1. The van der Waals surface area contributed by atoms with E-state index in [0.717, 1.165) is 24.0 Å². The van der Waals surface area contributed by atoms with Crippen LogP contribution in [0.1, 0.15) is 19.0 Å². The Morgan fingerprint density at radius 2 is 2.43 bits per heavy atom. The van der Waals surface area contributed by atoms with Crippen molar-refractivity contribution < 1.29 is 0 Å². The standard InChI is InChI=1S/C9H18N4S/c1-8(14-3)4-5-10-6-9-7-11-12-13(9)2/h7-8,10H,4-6H2,1-3H3. The van der Waals surface area contributed by atoms with Gasteiger partial charge in [0.1, 0.15) is 0 Å². The fraction of sp³-hybridized carbons (Fsp3) is 0.778. The van der Waals surface area contributed by atoms with Crippen LogP contribution in [0.25, 0.3) is 0 Å². The third-order valence-electron chi connectivity index (χ3n) is 2.24. The number of rotatable bonds is 6. The number of thioether (sulfide) groups is 1. The molecular weight excluding hydrogens is 196 g/mol. The van der Waals surface area contributed by atoms with E-state index in [-0.39, 0.29) is 0 Å². The van der Waals surface area contributed by atoms with Crippen LogP contribution in [0.15, 0.2) is 6.20 Å². The fourth-order valence-corrected chi connectivity index (χ4v) is 1.46. The summed E-state index contributed by atoms with van der Waals surface area (Å²) in [5, 5.41) is 11.8. The van der Waals surface area contributed by atoms with Gasteiger partial charge in [0.05, 0.1) is 11.9 Å². The van der Waals surface area contributed by atoms with Gasteiger partial charge in [-0.3, -0.25) is 4.68 Å². The average Bonchev–Trinajstić information content (AvgIpc) is 2.58. The van der Waals surface area contributed by atoms with Crippen molar-refractivity contribution in [3.63, 3.8) is 0 Å². The number of aromatic nitrogens is 3. The highest BCUT2D eigenvalue weighted by atomic mass is 32.2. The Hall–Kier alpha value is -0.550. The first-order chi connectivity index (χ1) is 6.74. The molecule has 4 nitrogen and oxygen atoms in total. The van der Waals surface area contributed by atoms with Crippen molar-refractivity contribution in [3.8, 4) is 0 Å². The molecular formula is C9H18N4S. The zero-order valence-electron chi connectivity index (χ0n) is 9.03. The molecule has 0 aromatic carbocycles. The molecule has 0 spiro atoms. The van der Waals surface area contributed by atoms with Crippen LogP contribution in [0.2, 0.25) is 0 Å². The molecule has 1 N–H and O–H groups in total. The van der Waals surface area contributed by atoms with Crippen LogP contribution in [0.5, 0.6) is 0 Å². The summed E-state index contributed by atoms with van der Waals surface area (Å²) >= 11 is 1.91. The van der Waals surface area contributed by atoms with Crippen molar-refractivity contribution in [2.24, 2.45) is 7.05 Å². The van der Waals surface area contributed by atoms with Gasteiger partial charge in [-0.25, -0.2) is 0 Å². The maximum Gasteiger partial charge on any atom is 0.0738 e. The van der Waals surface area contributed by atoms with Gasteiger partial charge in [-0.1, -0.05) is 12.1 Å². The zero-order valence-corrected chi connectivity index (χ0v) is 9.84. The smallest absolute Gasteiger partial charge is 0.0738 e. The van der Waals surface area contributed by atoms with Crippen molar-refractivity contribution in [3.05, 3.63) is 11.9 Å². The van der Waals surface area contributed by atoms with Crippen LogP contribution in [0.3, 0.4) is 0 Å². The van der Waals surface area contributed by atoms with E-state index in [4.69, 9.17) is 0 Å². The fourth-order valence-electron chi connectivity index (χ4n) is 1.11. The predicted octanol–water partition coefficient (Wildman–Crippen LogP) is 1.05. The van der Waals surface area contributed by atoms with E-state index < -0.39 is 0 Å². The maximum absolute atomic E-state index is 3.87. The lowest BCUT2D eigenvalue weighted by Gasteiger charge is -2.08. The molecule has 1 aromatic rings. The third kappa shape index (κ3) is 3.67. The van der Waals surface area contributed by atoms with E-state index in [0.29, 0.717) is 0 Å². The Labute approximate surface area is 89.5 Å². The van der Waals surface area contributed by atoms with Crippen molar-refractivity contribution >= 4 is 11.8 Å². The van der Waals surface area contributed by atoms with Crippen LogP contribution >= 0.6 is 11.8 Å². The topological polar surface area (TPSA) is 42.7 Å². The molecule has 0 saturated carbocycles. The minimum atomic E-state index is 0.729. The number of nitrogens with one attached hydrogen (secondary N) is 1. The lowest BCUT2D eigenvalue weighted by Crippen LogP contribution is -2.19. The van der Waals surface area contributed by atoms with Gasteiger partial charge >= 0.3 is 0 Å². The highest BCUT2D eigenvalue weighted by Gasteiger charge is 2.00. The quantitative estimate of drug-likeness (QED) is 0.719. The molecule has 0 aliphatic heterocycles. The molecule has 14 heavy (non-hydrogen) atoms. The maximum atomic E-state index is 3.87. The summed E-state index contributed by atoms with van der Waals surface area (Å²) < 4.78 is 1.80. The Bertz CT molecular complexity index is 261. The molecule has 0 aliphatic rings. The Kier molecular flexibility index (Phi) is 4.97. The summed E-state index contributed by atoms with van der Waals surface area (Å²) in [6.07, 6.45) is 5.15. The monoisotopic (exact) mass is 214 g/mol. The van der Waals surface area contributed by atoms with Gasteiger partial charge < -0.3 is 5.32 Å². The third-order valence-corrected chi connectivity index (χ3v) is 3.28. The van der Waals surface area contributed by atoms with Crippen molar-refractivity contribution in [2.75, 3.05) is 12.8 Å². The lowest BCUT2D eigenvalue weighted by atomic mass is 10.3. The molecule has 1 heterocycles. The second kappa shape index (κ2) is 6.03. The molecule has 0 radical (unpaired) electrons. The molecule has 0 aliphatic carbocycles. The number of hydrogen-bond acceptors (Lipinski definition) is 4. The van der Waals surface area contributed by atoms with Gasteiger partial charge in [0.25, 0.3) is 0 Å². The molecule has 80 valence electrons. The number of aryl methyl sites for hydroxylation is 1. The average molecular weight is 214 g/mol. The molecule has 1 atom stereocenters. The highest BCUT2D eigenvalue weighted by molar-refractivity contribution is 7.99. The SMILES string of the molecule is CSC(C)CCNCc1cnnn1C. The summed E-state index contributed by atoms with van der Waals surface area (Å²) in [7, 11) is 1.91. The second-order valence-corrected chi connectivity index (χ2v) is 4.64. The van der Waals surface area contributed by atoms with Gasteiger partial charge in [-0.15, -0.1) is 5.10 Å². The van der Waals surface area contributed by atoms with Crippen LogP contribution in [0.4, 0.5) is 0 Å². The summed E-state index contributed by atoms with van der Waals surface area (Å²) in [6.45, 7) is 4.15. The first-order valence-corrected chi connectivity index (χ1v) is 6.10. The minimum Gasteiger partial charge on any atom is -0.311 e. The molecule has 0 fully saturated rings. The Morgan fingerprint density at radius 3 is 3.00 bits per heavy atom. The van der Waals surface area contributed by atoms with E-state index >= 15 is 0 Å². The Morgan fingerprint density at radius 1 is 1.64 bits per heavy atom. The molecule has 5 heteroatoms. The van der Waals surface area contributed by atoms with Gasteiger partial charge in [-0.2, -0.15) is 11.8 Å². The molecule has 1 rings (SSSR count). The van der Waals surface area contributed by atoms with Gasteiger partial charge in [0, 0.05) is 18.8 Å². The molecule has 0 amide bonds. The van der Waals surface area contributed by atoms with Crippen molar-refractivity contribution in [1.82, 2.24) is 20.3 Å². The van der Waals surface area contributed by atoms with Crippen molar-refractivity contribution in [2.45, 2.75) is 25.1 Å². The predicted molar refractivity (Wildman–Crippen MR) is 60.3 cm³/mol. The summed E-state index contributed by atoms with van der Waals surface area (Å²) in [6, 6.07) is 0. The Balaban J connectivity index is 2.13. The van der Waals surface area contributed by atoms with Gasteiger partial charge in [0.2, 0.25) is 0 Å². The summed E-state index contributed by atoms with van der Waals surface area (Å²) in [5.41, 5.74) is 1.13. The first kappa shape index (κ1) is 11.5. The molecule has 0 bridgehead atoms. The zero-order chi connectivity index (χ0) is 10.4. The van der Waals surface area contributed by atoms with Crippen LogP contribution in [-0.2, 0) is 13.6 Å². The van der Waals surface area contributed by atoms with Crippen LogP contribution in [0, 0.1) is 0 Å². The van der Waals surface area contributed by atoms with E-state index in [2.05, 4.69) is 28.8 Å². The molecule has 0 saturated heterocycles. The lowest BCUT2D eigenvalue weighted by molar-refractivity contribution is 0.601. The number of nitrogens with zero attached hydrogens (tertiary/aromatic N) is 3. The van der Waals surface area contributed by atoms with Crippen LogP contribution in [-0.4, -0.2) is 33.0 Å². The summed E-state index contributed by atoms with van der Waals surface area (Å²) in [5.74, 6) is 0. The van der Waals surface area contributed by atoms with E-state index in [9.17, 15) is 0 Å². The molecule has 1 unspecified atom stereocenters. The minimum absolute atomic E-state index is 0.729. The van der Waals surface area contributed by atoms with E-state index in [1.807, 2.05) is 18.8 Å². The number of hydrogen-bond donors (Lipinski definition) is 1. The van der Waals surface area contributed by atoms with Crippen molar-refractivity contribution in [1.29, 1.82) is 0 Å². The summed E-state index contributed by atoms with van der Waals surface area (Å²) in [4.78, 5) is 0. The highest BCUT2D eigenvalue weighted by Crippen LogP contribution is 2.07. The van der Waals surface area contributed by atoms with Crippen LogP contribution < -0.4 is 5.32 Å².